The van der Waals surface area contributed by atoms with Gasteiger partial charge in [0.15, 0.2) is 23.2 Å². The number of nitrogens with one attached hydrogen (secondary N) is 2. The molecule has 2 rings (SSSR count). The number of carboxylic acid groups (broad SMARTS) is 1. The second kappa shape index (κ2) is 15.5. The Morgan fingerprint density at radius 1 is 1.14 bits per heavy atom. The van der Waals surface area contributed by atoms with E-state index in [9.17, 15) is 36.7 Å². The van der Waals surface area contributed by atoms with Crippen LogP contribution >= 0.6 is 11.9 Å². The molecule has 1 unspecified atom stereocenters. The van der Waals surface area contributed by atoms with Crippen LogP contribution < -0.4 is 20.3 Å². The maximum absolute atomic E-state index is 13.7. The number of rotatable bonds is 13. The number of carbonyl (C=O) groups is 3. The van der Waals surface area contributed by atoms with Gasteiger partial charge in [-0.3, -0.25) is 19.2 Å². The Labute approximate surface area is 214 Å². The number of hydrogen-bond acceptors (Lipinski definition) is 7. The van der Waals surface area contributed by atoms with Gasteiger partial charge in [-0.15, -0.1) is 0 Å². The lowest BCUT2D eigenvalue weighted by molar-refractivity contribution is -0.140. The third-order valence-corrected chi connectivity index (χ3v) is 5.33. The molecule has 37 heavy (non-hydrogen) atoms. The van der Waals surface area contributed by atoms with Gasteiger partial charge in [0.1, 0.15) is 24.9 Å². The summed E-state index contributed by atoms with van der Waals surface area (Å²) >= 11 is 1.29. The molecule has 0 bridgehead atoms. The highest BCUT2D eigenvalue weighted by atomic mass is 32.2. The van der Waals surface area contributed by atoms with Crippen molar-refractivity contribution in [2.24, 2.45) is 0 Å². The van der Waals surface area contributed by atoms with Gasteiger partial charge in [-0.25, -0.2) is 8.78 Å². The highest BCUT2D eigenvalue weighted by molar-refractivity contribution is 8.00. The molecule has 0 saturated carbocycles. The number of carboxylic acids is 1. The van der Waals surface area contributed by atoms with Gasteiger partial charge < -0.3 is 24.4 Å². The van der Waals surface area contributed by atoms with Crippen LogP contribution in [0.1, 0.15) is 33.6 Å². The average Bonchev–Trinajstić information content (AvgIpc) is 2.85. The number of hydrogen-bond donors (Lipinski definition) is 3. The van der Waals surface area contributed by atoms with Gasteiger partial charge in [0.25, 0.3) is 5.56 Å². The molecule has 0 aliphatic rings. The fourth-order valence-electron chi connectivity index (χ4n) is 2.71. The van der Waals surface area contributed by atoms with Crippen molar-refractivity contribution in [3.8, 4) is 5.75 Å². The first kappa shape index (κ1) is 31.5. The van der Waals surface area contributed by atoms with Crippen LogP contribution in [0.3, 0.4) is 0 Å². The van der Waals surface area contributed by atoms with Gasteiger partial charge in [0.05, 0.1) is 6.42 Å². The Balaban J connectivity index is 0.00000334. The summed E-state index contributed by atoms with van der Waals surface area (Å²) < 4.78 is 62.4. The van der Waals surface area contributed by atoms with E-state index in [1.165, 1.54) is 30.3 Å². The molecular formula is C23H27F4N3O6S. The van der Waals surface area contributed by atoms with Crippen LogP contribution in [0.25, 0.3) is 0 Å². The molecule has 9 nitrogen and oxygen atoms in total. The number of carbonyl (C=O) groups excluding carboxylic acids is 2. The minimum absolute atomic E-state index is 0.0538. The number of anilines is 1. The third kappa shape index (κ3) is 9.44. The van der Waals surface area contributed by atoms with Gasteiger partial charge in [-0.1, -0.05) is 32.7 Å². The van der Waals surface area contributed by atoms with Gasteiger partial charge >= 0.3 is 5.97 Å². The van der Waals surface area contributed by atoms with Crippen LogP contribution in [0.5, 0.6) is 5.75 Å². The molecule has 1 amide bonds. The predicted molar refractivity (Wildman–Crippen MR) is 129 cm³/mol. The Kier molecular flexibility index (Phi) is 13.2. The fourth-order valence-corrected chi connectivity index (χ4v) is 3.32. The molecule has 3 N–H and O–H groups in total. The zero-order valence-corrected chi connectivity index (χ0v) is 21.1. The molecule has 0 aliphatic carbocycles. The molecule has 0 radical (unpaired) electrons. The number of ether oxygens (including phenoxy) is 1. The maximum atomic E-state index is 13.7. The minimum atomic E-state index is -1.89. The van der Waals surface area contributed by atoms with E-state index in [2.05, 4.69) is 14.8 Å². The van der Waals surface area contributed by atoms with Crippen molar-refractivity contribution in [1.29, 1.82) is 0 Å². The molecule has 0 saturated heterocycles. The van der Waals surface area contributed by atoms with Gasteiger partial charge in [-0.2, -0.15) is 8.78 Å². The number of aliphatic carboxylic acids is 1. The Morgan fingerprint density at radius 2 is 1.76 bits per heavy atom. The number of benzene rings is 1. The van der Waals surface area contributed by atoms with Gasteiger partial charge in [0, 0.05) is 18.0 Å². The largest absolute Gasteiger partial charge is 0.481 e. The minimum Gasteiger partial charge on any atom is -0.481 e. The molecule has 14 heteroatoms. The lowest BCUT2D eigenvalue weighted by atomic mass is 10.1. The second-order valence-corrected chi connectivity index (χ2v) is 7.98. The van der Waals surface area contributed by atoms with Crippen LogP contribution in [-0.2, 0) is 20.9 Å². The van der Waals surface area contributed by atoms with E-state index in [0.717, 1.165) is 16.7 Å². The number of halogens is 4. The van der Waals surface area contributed by atoms with Crippen LogP contribution in [0, 0.1) is 23.3 Å². The zero-order chi connectivity index (χ0) is 28.1. The van der Waals surface area contributed by atoms with Crippen molar-refractivity contribution in [2.45, 2.75) is 46.2 Å². The van der Waals surface area contributed by atoms with E-state index in [0.29, 0.717) is 0 Å². The summed E-state index contributed by atoms with van der Waals surface area (Å²) in [5.41, 5.74) is -0.341. The first-order valence-corrected chi connectivity index (χ1v) is 12.1. The average molecular weight is 550 g/mol. The molecule has 204 valence electrons. The normalized spacial score (nSPS) is 11.1. The van der Waals surface area contributed by atoms with Gasteiger partial charge in [-0.05, 0) is 18.6 Å². The first-order valence-electron chi connectivity index (χ1n) is 11.1. The SMILES string of the molecule is CC.CCCSNc1cccn(CC(=O)NC(CC(=O)O)C(=O)COc2c(F)c(F)cc(F)c2F)c1=O. The number of Topliss-reactive ketones (excluding diaryl/α,β-unsaturated/α-hetero) is 1. The summed E-state index contributed by atoms with van der Waals surface area (Å²) in [6.45, 7) is 4.17. The molecule has 2 aromatic rings. The van der Waals surface area contributed by atoms with E-state index in [4.69, 9.17) is 5.11 Å². The zero-order valence-electron chi connectivity index (χ0n) is 20.3. The van der Waals surface area contributed by atoms with E-state index in [1.54, 1.807) is 0 Å². The monoisotopic (exact) mass is 549 g/mol. The second-order valence-electron chi connectivity index (χ2n) is 7.08. The summed E-state index contributed by atoms with van der Waals surface area (Å²) in [5, 5.41) is 11.1. The molecule has 0 fully saturated rings. The van der Waals surface area contributed by atoms with Crippen molar-refractivity contribution in [3.05, 3.63) is 58.0 Å². The standard InChI is InChI=1S/C21H21F4N3O6S.C2H6/c1-2-6-35-27-13-4-3-5-28(21(13)33)9-16(30)26-14(8-17(31)32)15(29)10-34-20-18(24)11(22)7-12(23)19(20)25;1-2/h3-5,7,14,27H,2,6,8-10H2,1H3,(H,26,30)(H,31,32);1-2H3. The van der Waals surface area contributed by atoms with E-state index in [1.807, 2.05) is 20.8 Å². The number of nitrogens with zero attached hydrogens (tertiary/aromatic N) is 1. The van der Waals surface area contributed by atoms with Crippen molar-refractivity contribution in [3.63, 3.8) is 0 Å². The molecule has 1 heterocycles. The summed E-state index contributed by atoms with van der Waals surface area (Å²) in [6, 6.07) is 1.22. The molecular weight excluding hydrogens is 522 g/mol. The van der Waals surface area contributed by atoms with Crippen LogP contribution in [0.4, 0.5) is 23.2 Å². The summed E-state index contributed by atoms with van der Waals surface area (Å²) in [5.74, 6) is -11.7. The van der Waals surface area contributed by atoms with E-state index < -0.39 is 77.9 Å². The van der Waals surface area contributed by atoms with Crippen molar-refractivity contribution < 1.29 is 41.8 Å². The quantitative estimate of drug-likeness (QED) is 0.150. The van der Waals surface area contributed by atoms with Gasteiger partial charge in [0.2, 0.25) is 17.5 Å². The Morgan fingerprint density at radius 3 is 2.32 bits per heavy atom. The highest BCUT2D eigenvalue weighted by Crippen LogP contribution is 2.26. The lowest BCUT2D eigenvalue weighted by Crippen LogP contribution is -2.46. The lowest BCUT2D eigenvalue weighted by Gasteiger charge is -2.17. The number of ketones is 1. The Bertz CT molecular complexity index is 1140. The van der Waals surface area contributed by atoms with E-state index >= 15 is 0 Å². The molecule has 0 aliphatic heterocycles. The predicted octanol–water partition coefficient (Wildman–Crippen LogP) is 3.51. The smallest absolute Gasteiger partial charge is 0.305 e. The molecule has 1 aromatic heterocycles. The number of pyridine rings is 1. The summed E-state index contributed by atoms with van der Waals surface area (Å²) in [6.07, 6.45) is 1.23. The number of amides is 1. The molecule has 1 aromatic carbocycles. The maximum Gasteiger partial charge on any atom is 0.305 e. The summed E-state index contributed by atoms with van der Waals surface area (Å²) in [4.78, 5) is 48.4. The van der Waals surface area contributed by atoms with Crippen LogP contribution in [0.2, 0.25) is 0 Å². The topological polar surface area (TPSA) is 127 Å². The Hall–Kier alpha value is -3.55. The fraction of sp³-hybridized carbons (Fsp3) is 0.391. The summed E-state index contributed by atoms with van der Waals surface area (Å²) in [7, 11) is 0. The highest BCUT2D eigenvalue weighted by Gasteiger charge is 2.27. The van der Waals surface area contributed by atoms with Crippen molar-refractivity contribution in [2.75, 3.05) is 17.1 Å². The van der Waals surface area contributed by atoms with Crippen molar-refractivity contribution >= 4 is 35.3 Å². The third-order valence-electron chi connectivity index (χ3n) is 4.36. The van der Waals surface area contributed by atoms with E-state index in [-0.39, 0.29) is 11.8 Å². The van der Waals surface area contributed by atoms with Crippen LogP contribution in [-0.4, -0.2) is 45.7 Å². The molecule has 0 spiro atoms. The van der Waals surface area contributed by atoms with Crippen LogP contribution in [0.15, 0.2) is 29.2 Å². The molecule has 1 atom stereocenters. The number of aromatic nitrogens is 1. The first-order chi connectivity index (χ1) is 17.5. The van der Waals surface area contributed by atoms with Crippen molar-refractivity contribution in [1.82, 2.24) is 9.88 Å².